The number of benzene rings is 1. The van der Waals surface area contributed by atoms with Gasteiger partial charge in [0, 0.05) is 29.8 Å². The van der Waals surface area contributed by atoms with Crippen LogP contribution >= 0.6 is 0 Å². The van der Waals surface area contributed by atoms with E-state index in [0.717, 1.165) is 16.8 Å². The zero-order valence-corrected chi connectivity index (χ0v) is 17.0. The molecular formula is C21H21N7O3. The summed E-state index contributed by atoms with van der Waals surface area (Å²) >= 11 is 0. The topological polar surface area (TPSA) is 149 Å². The maximum Gasteiger partial charge on any atom is 0.325 e. The van der Waals surface area contributed by atoms with E-state index < -0.39 is 11.4 Å². The highest BCUT2D eigenvalue weighted by Gasteiger charge is 2.35. The summed E-state index contributed by atoms with van der Waals surface area (Å²) in [4.78, 5) is 19.8. The standard InChI is InChI=1S/C21H21N7O3/c1-12-5-17(28(27-12)9-18(30)31)26-20-23-4-3-16(25-20)13-6-14(8-22)19-15(7-13)21(2,11-29)10-24-19/h3-7,24,29H,9-11H2,1-2H3,(H,30,31)(H,23,25,26). The lowest BCUT2D eigenvalue weighted by Gasteiger charge is -2.21. The van der Waals surface area contributed by atoms with Crippen molar-refractivity contribution < 1.29 is 15.0 Å². The van der Waals surface area contributed by atoms with Crippen LogP contribution < -0.4 is 10.6 Å². The number of carbonyl (C=O) groups is 1. The van der Waals surface area contributed by atoms with Gasteiger partial charge in [0.15, 0.2) is 0 Å². The largest absolute Gasteiger partial charge is 0.480 e. The van der Waals surface area contributed by atoms with E-state index in [1.165, 1.54) is 4.68 Å². The number of nitrogens with zero attached hydrogens (tertiary/aromatic N) is 5. The van der Waals surface area contributed by atoms with Crippen molar-refractivity contribution in [1.82, 2.24) is 19.7 Å². The minimum absolute atomic E-state index is 0.0508. The molecule has 4 rings (SSSR count). The van der Waals surface area contributed by atoms with Gasteiger partial charge in [-0.3, -0.25) is 4.79 Å². The first-order chi connectivity index (χ1) is 14.8. The van der Waals surface area contributed by atoms with Gasteiger partial charge in [0.05, 0.1) is 29.2 Å². The van der Waals surface area contributed by atoms with Crippen LogP contribution in [0.15, 0.2) is 30.5 Å². The second kappa shape index (κ2) is 7.70. The van der Waals surface area contributed by atoms with Gasteiger partial charge in [0.2, 0.25) is 5.95 Å². The Balaban J connectivity index is 1.71. The summed E-state index contributed by atoms with van der Waals surface area (Å²) in [5.74, 6) is -0.282. The molecule has 0 spiro atoms. The van der Waals surface area contributed by atoms with Crippen LogP contribution in [0.1, 0.15) is 23.7 Å². The van der Waals surface area contributed by atoms with Crippen molar-refractivity contribution in [3.8, 4) is 17.3 Å². The molecule has 31 heavy (non-hydrogen) atoms. The first kappa shape index (κ1) is 20.3. The predicted molar refractivity (Wildman–Crippen MR) is 113 cm³/mol. The number of anilines is 3. The van der Waals surface area contributed by atoms with Crippen molar-refractivity contribution >= 4 is 23.4 Å². The van der Waals surface area contributed by atoms with Crippen molar-refractivity contribution in [1.29, 1.82) is 5.26 Å². The third-order valence-electron chi connectivity index (χ3n) is 5.29. The Morgan fingerprint density at radius 2 is 2.23 bits per heavy atom. The number of nitriles is 1. The number of aliphatic hydroxyl groups is 1. The summed E-state index contributed by atoms with van der Waals surface area (Å²) in [7, 11) is 0. The molecule has 1 atom stereocenters. The van der Waals surface area contributed by atoms with Crippen LogP contribution in [-0.2, 0) is 16.8 Å². The second-order valence-corrected chi connectivity index (χ2v) is 7.74. The second-order valence-electron chi connectivity index (χ2n) is 7.74. The molecule has 1 aromatic carbocycles. The summed E-state index contributed by atoms with van der Waals surface area (Å²) < 4.78 is 1.33. The van der Waals surface area contributed by atoms with Crippen LogP contribution in [0.4, 0.5) is 17.5 Å². The maximum atomic E-state index is 11.1. The Bertz CT molecular complexity index is 1210. The van der Waals surface area contributed by atoms with E-state index in [1.807, 2.05) is 13.0 Å². The SMILES string of the molecule is Cc1cc(Nc2nccc(-c3cc(C#N)c4c(c3)C(C)(CO)CN4)n2)n(CC(=O)O)n1. The van der Waals surface area contributed by atoms with Gasteiger partial charge < -0.3 is 20.8 Å². The zero-order valence-electron chi connectivity index (χ0n) is 17.0. The highest BCUT2D eigenvalue weighted by molar-refractivity contribution is 5.76. The van der Waals surface area contributed by atoms with Gasteiger partial charge in [0.1, 0.15) is 18.4 Å². The van der Waals surface area contributed by atoms with E-state index in [2.05, 4.69) is 31.8 Å². The fourth-order valence-electron chi connectivity index (χ4n) is 3.65. The van der Waals surface area contributed by atoms with E-state index in [1.54, 1.807) is 31.3 Å². The summed E-state index contributed by atoms with van der Waals surface area (Å²) in [6.07, 6.45) is 1.58. The monoisotopic (exact) mass is 419 g/mol. The van der Waals surface area contributed by atoms with Crippen molar-refractivity contribution in [2.24, 2.45) is 0 Å². The quantitative estimate of drug-likeness (QED) is 0.471. The Kier molecular flexibility index (Phi) is 5.04. The lowest BCUT2D eigenvalue weighted by molar-refractivity contribution is -0.137. The molecule has 0 saturated carbocycles. The van der Waals surface area contributed by atoms with Gasteiger partial charge >= 0.3 is 5.97 Å². The Labute approximate surface area is 178 Å². The Morgan fingerprint density at radius 1 is 1.42 bits per heavy atom. The van der Waals surface area contributed by atoms with E-state index >= 15 is 0 Å². The number of aromatic nitrogens is 4. The highest BCUT2D eigenvalue weighted by atomic mass is 16.4. The normalized spacial score (nSPS) is 17.0. The highest BCUT2D eigenvalue weighted by Crippen LogP contribution is 2.41. The molecule has 2 aromatic heterocycles. The Hall–Kier alpha value is -3.97. The number of carboxylic acids is 1. The number of carboxylic acid groups (broad SMARTS) is 1. The molecule has 0 bridgehead atoms. The summed E-state index contributed by atoms with van der Waals surface area (Å²) in [6.45, 7) is 3.90. The number of hydrogen-bond donors (Lipinski definition) is 4. The fourth-order valence-corrected chi connectivity index (χ4v) is 3.65. The molecule has 1 aliphatic heterocycles. The van der Waals surface area contributed by atoms with Gasteiger partial charge in [0.25, 0.3) is 0 Å². The number of rotatable bonds is 6. The molecule has 0 fully saturated rings. The van der Waals surface area contributed by atoms with E-state index in [4.69, 9.17) is 5.11 Å². The molecule has 4 N–H and O–H groups in total. The number of fused-ring (bicyclic) bond motifs is 1. The van der Waals surface area contributed by atoms with Crippen molar-refractivity contribution in [3.05, 3.63) is 47.3 Å². The molecule has 10 heteroatoms. The minimum Gasteiger partial charge on any atom is -0.480 e. The number of nitrogens with one attached hydrogen (secondary N) is 2. The molecule has 3 heterocycles. The van der Waals surface area contributed by atoms with Crippen LogP contribution in [0.3, 0.4) is 0 Å². The molecular weight excluding hydrogens is 398 g/mol. The lowest BCUT2D eigenvalue weighted by atomic mass is 9.83. The molecule has 0 aliphatic carbocycles. The first-order valence-corrected chi connectivity index (χ1v) is 9.63. The number of hydrogen-bond acceptors (Lipinski definition) is 8. The first-order valence-electron chi connectivity index (χ1n) is 9.63. The van der Waals surface area contributed by atoms with E-state index in [9.17, 15) is 15.2 Å². The van der Waals surface area contributed by atoms with Gasteiger partial charge in [-0.2, -0.15) is 10.4 Å². The summed E-state index contributed by atoms with van der Waals surface area (Å²) in [5.41, 5.74) is 3.56. The summed E-state index contributed by atoms with van der Waals surface area (Å²) in [6, 6.07) is 9.33. The van der Waals surface area contributed by atoms with Crippen LogP contribution in [0.25, 0.3) is 11.3 Å². The number of aliphatic carboxylic acids is 1. The zero-order chi connectivity index (χ0) is 22.2. The summed E-state index contributed by atoms with van der Waals surface area (Å²) in [5, 5.41) is 39.0. The molecule has 0 radical (unpaired) electrons. The molecule has 0 saturated heterocycles. The van der Waals surface area contributed by atoms with E-state index in [0.29, 0.717) is 29.3 Å². The average molecular weight is 419 g/mol. The number of aryl methyl sites for hydroxylation is 1. The van der Waals surface area contributed by atoms with Crippen LogP contribution in [0.2, 0.25) is 0 Å². The fraction of sp³-hybridized carbons (Fsp3) is 0.286. The maximum absolute atomic E-state index is 11.1. The molecule has 10 nitrogen and oxygen atoms in total. The van der Waals surface area contributed by atoms with Crippen LogP contribution in [0.5, 0.6) is 0 Å². The average Bonchev–Trinajstić information content (AvgIpc) is 3.26. The van der Waals surface area contributed by atoms with E-state index in [-0.39, 0.29) is 19.1 Å². The van der Waals surface area contributed by atoms with Crippen molar-refractivity contribution in [2.75, 3.05) is 23.8 Å². The Morgan fingerprint density at radius 3 is 2.94 bits per heavy atom. The molecule has 0 amide bonds. The van der Waals surface area contributed by atoms with Gasteiger partial charge in [-0.15, -0.1) is 0 Å². The predicted octanol–water partition coefficient (Wildman–Crippen LogP) is 2.02. The lowest BCUT2D eigenvalue weighted by Crippen LogP contribution is -2.28. The minimum atomic E-state index is -1.01. The smallest absolute Gasteiger partial charge is 0.325 e. The molecule has 158 valence electrons. The van der Waals surface area contributed by atoms with Crippen molar-refractivity contribution in [3.63, 3.8) is 0 Å². The van der Waals surface area contributed by atoms with Crippen molar-refractivity contribution in [2.45, 2.75) is 25.8 Å². The third-order valence-corrected chi connectivity index (χ3v) is 5.29. The number of aliphatic hydroxyl groups excluding tert-OH is 1. The molecule has 3 aromatic rings. The van der Waals surface area contributed by atoms with Gasteiger partial charge in [-0.05, 0) is 30.7 Å². The van der Waals surface area contributed by atoms with Gasteiger partial charge in [-0.1, -0.05) is 6.92 Å². The van der Waals surface area contributed by atoms with Gasteiger partial charge in [-0.25, -0.2) is 14.6 Å². The molecule has 1 unspecified atom stereocenters. The van der Waals surface area contributed by atoms with Crippen LogP contribution in [-0.4, -0.2) is 49.1 Å². The molecule has 1 aliphatic rings. The third kappa shape index (κ3) is 3.78. The van der Waals surface area contributed by atoms with Crippen LogP contribution in [0, 0.1) is 18.3 Å².